The molecule has 0 aliphatic heterocycles. The molecule has 0 saturated heterocycles. The third-order valence-corrected chi connectivity index (χ3v) is 10.2. The molecule has 0 radical (unpaired) electrons. The molecule has 49 heavy (non-hydrogen) atoms. The van der Waals surface area contributed by atoms with E-state index in [9.17, 15) is 18.0 Å². The van der Waals surface area contributed by atoms with Crippen molar-refractivity contribution < 1.29 is 27.5 Å². The molecule has 9 nitrogen and oxygen atoms in total. The number of nitrogens with zero attached hydrogens (tertiary/aromatic N) is 2. The van der Waals surface area contributed by atoms with Crippen molar-refractivity contribution >= 4 is 62.3 Å². The number of amides is 2. The molecule has 0 fully saturated rings. The fraction of sp³-hybridized carbons (Fsp3) is 0.278. The first-order valence-corrected chi connectivity index (χ1v) is 17.8. The van der Waals surface area contributed by atoms with Gasteiger partial charge in [-0.05, 0) is 80.4 Å². The second-order valence-corrected chi connectivity index (χ2v) is 15.3. The number of nitrogens with one attached hydrogen (secondary N) is 1. The highest BCUT2D eigenvalue weighted by atomic mass is 35.5. The third-order valence-electron chi connectivity index (χ3n) is 7.44. The van der Waals surface area contributed by atoms with Crippen LogP contribution in [0.2, 0.25) is 15.1 Å². The van der Waals surface area contributed by atoms with Gasteiger partial charge in [-0.15, -0.1) is 0 Å². The zero-order valence-electron chi connectivity index (χ0n) is 27.7. The maximum atomic E-state index is 14.7. The van der Waals surface area contributed by atoms with Crippen molar-refractivity contribution in [2.45, 2.75) is 50.2 Å². The molecule has 0 aliphatic rings. The SMILES string of the molecule is COc1ccc(S(=O)(=O)N(CC(=O)N(Cc2ccc(Cl)c(Cl)c2)[C@@H](Cc2ccccc2)C(=O)NC(C)(C)C)c2ccc(Cl)cc2)cc1OC. The Kier molecular flexibility index (Phi) is 12.5. The van der Waals surface area contributed by atoms with Gasteiger partial charge in [-0.1, -0.05) is 71.2 Å². The van der Waals surface area contributed by atoms with Crippen molar-refractivity contribution in [3.8, 4) is 11.5 Å². The first-order valence-electron chi connectivity index (χ1n) is 15.2. The van der Waals surface area contributed by atoms with Gasteiger partial charge >= 0.3 is 0 Å². The number of ether oxygens (including phenoxy) is 2. The lowest BCUT2D eigenvalue weighted by atomic mass is 10.0. The minimum absolute atomic E-state index is 0.0738. The second-order valence-electron chi connectivity index (χ2n) is 12.2. The van der Waals surface area contributed by atoms with E-state index in [0.717, 1.165) is 9.87 Å². The Morgan fingerprint density at radius 3 is 2.04 bits per heavy atom. The molecule has 0 aromatic heterocycles. The number of halogens is 3. The Bertz CT molecular complexity index is 1880. The Labute approximate surface area is 302 Å². The molecule has 13 heteroatoms. The maximum Gasteiger partial charge on any atom is 0.264 e. The summed E-state index contributed by atoms with van der Waals surface area (Å²) >= 11 is 18.7. The minimum Gasteiger partial charge on any atom is -0.493 e. The second kappa shape index (κ2) is 16.2. The largest absolute Gasteiger partial charge is 0.493 e. The number of carbonyl (C=O) groups excluding carboxylic acids is 2. The molecule has 0 aliphatic carbocycles. The summed E-state index contributed by atoms with van der Waals surface area (Å²) in [5.74, 6) is -0.536. The highest BCUT2D eigenvalue weighted by Gasteiger charge is 2.36. The topological polar surface area (TPSA) is 105 Å². The molecule has 4 rings (SSSR count). The molecule has 1 atom stereocenters. The summed E-state index contributed by atoms with van der Waals surface area (Å²) in [6.07, 6.45) is 0.152. The number of rotatable bonds is 13. The number of hydrogen-bond donors (Lipinski definition) is 1. The summed E-state index contributed by atoms with van der Waals surface area (Å²) in [6.45, 7) is 4.79. The normalized spacial score (nSPS) is 12.2. The first-order chi connectivity index (χ1) is 23.1. The van der Waals surface area contributed by atoms with Crippen LogP contribution >= 0.6 is 34.8 Å². The van der Waals surface area contributed by atoms with Crippen molar-refractivity contribution in [3.05, 3.63) is 117 Å². The van der Waals surface area contributed by atoms with E-state index < -0.39 is 40.0 Å². The molecule has 0 heterocycles. The summed E-state index contributed by atoms with van der Waals surface area (Å²) in [5, 5.41) is 3.97. The van der Waals surface area contributed by atoms with Crippen LogP contribution in [0.15, 0.2) is 95.9 Å². The number of anilines is 1. The molecule has 4 aromatic rings. The molecule has 1 N–H and O–H groups in total. The zero-order valence-corrected chi connectivity index (χ0v) is 30.8. The molecule has 260 valence electrons. The van der Waals surface area contributed by atoms with Crippen LogP contribution in [-0.4, -0.2) is 57.5 Å². The number of methoxy groups -OCH3 is 2. The van der Waals surface area contributed by atoms with Gasteiger partial charge in [0.25, 0.3) is 10.0 Å². The van der Waals surface area contributed by atoms with Crippen LogP contribution < -0.4 is 19.1 Å². The predicted molar refractivity (Wildman–Crippen MR) is 194 cm³/mol. The quantitative estimate of drug-likeness (QED) is 0.153. The number of carbonyl (C=O) groups is 2. The summed E-state index contributed by atoms with van der Waals surface area (Å²) in [6, 6.07) is 23.4. The van der Waals surface area contributed by atoms with Gasteiger partial charge in [-0.3, -0.25) is 13.9 Å². The van der Waals surface area contributed by atoms with Crippen LogP contribution in [0.25, 0.3) is 0 Å². The summed E-state index contributed by atoms with van der Waals surface area (Å²) in [5.41, 5.74) is 0.943. The van der Waals surface area contributed by atoms with E-state index in [1.165, 1.54) is 61.6 Å². The third kappa shape index (κ3) is 9.82. The Balaban J connectivity index is 1.85. The maximum absolute atomic E-state index is 14.7. The van der Waals surface area contributed by atoms with Crippen molar-refractivity contribution in [2.75, 3.05) is 25.1 Å². The van der Waals surface area contributed by atoms with Crippen LogP contribution in [0.3, 0.4) is 0 Å². The molecule has 4 aromatic carbocycles. The Morgan fingerprint density at radius 1 is 0.796 bits per heavy atom. The molecule has 0 unspecified atom stereocenters. The number of benzene rings is 4. The van der Waals surface area contributed by atoms with Crippen molar-refractivity contribution in [1.82, 2.24) is 10.2 Å². The van der Waals surface area contributed by atoms with Gasteiger partial charge < -0.3 is 19.7 Å². The zero-order chi connectivity index (χ0) is 35.9. The van der Waals surface area contributed by atoms with Gasteiger partial charge in [0.05, 0.1) is 34.8 Å². The lowest BCUT2D eigenvalue weighted by molar-refractivity contribution is -0.140. The van der Waals surface area contributed by atoms with E-state index in [1.807, 2.05) is 51.1 Å². The van der Waals surface area contributed by atoms with Crippen LogP contribution in [-0.2, 0) is 32.6 Å². The fourth-order valence-electron chi connectivity index (χ4n) is 5.08. The van der Waals surface area contributed by atoms with E-state index in [4.69, 9.17) is 44.3 Å². The van der Waals surface area contributed by atoms with E-state index in [2.05, 4.69) is 5.32 Å². The highest BCUT2D eigenvalue weighted by molar-refractivity contribution is 7.92. The number of sulfonamides is 1. The van der Waals surface area contributed by atoms with Crippen LogP contribution in [0.4, 0.5) is 5.69 Å². The predicted octanol–water partition coefficient (Wildman–Crippen LogP) is 7.41. The molecular weight excluding hydrogens is 709 g/mol. The van der Waals surface area contributed by atoms with Gasteiger partial charge in [-0.2, -0.15) is 0 Å². The van der Waals surface area contributed by atoms with Crippen molar-refractivity contribution in [3.63, 3.8) is 0 Å². The highest BCUT2D eigenvalue weighted by Crippen LogP contribution is 2.33. The molecule has 2 amide bonds. The minimum atomic E-state index is -4.40. The van der Waals surface area contributed by atoms with Gasteiger partial charge in [0.2, 0.25) is 11.8 Å². The molecular formula is C36H38Cl3N3O6S. The van der Waals surface area contributed by atoms with E-state index in [0.29, 0.717) is 21.4 Å². The monoisotopic (exact) mass is 745 g/mol. The van der Waals surface area contributed by atoms with E-state index in [1.54, 1.807) is 18.2 Å². The van der Waals surface area contributed by atoms with Crippen LogP contribution in [0, 0.1) is 0 Å². The molecule has 0 saturated carbocycles. The summed E-state index contributed by atoms with van der Waals surface area (Å²) in [7, 11) is -1.57. The standard InChI is InChI=1S/C36H38Cl3N3O6S/c1-36(2,3)40-35(44)31(20-24-9-7-6-8-10-24)41(22-25-11-17-29(38)30(39)19-25)34(43)23-42(27-14-12-26(37)13-15-27)49(45,46)28-16-18-32(47-4)33(21-28)48-5/h6-19,21,31H,20,22-23H2,1-5H3,(H,40,44)/t31-/m0/s1. The van der Waals surface area contributed by atoms with E-state index >= 15 is 0 Å². The van der Waals surface area contributed by atoms with Gasteiger partial charge in [0.1, 0.15) is 12.6 Å². The van der Waals surface area contributed by atoms with Gasteiger partial charge in [0.15, 0.2) is 11.5 Å². The van der Waals surface area contributed by atoms with Crippen LogP contribution in [0.1, 0.15) is 31.9 Å². The van der Waals surface area contributed by atoms with Crippen LogP contribution in [0.5, 0.6) is 11.5 Å². The lowest BCUT2D eigenvalue weighted by Crippen LogP contribution is -2.56. The Hall–Kier alpha value is -3.96. The molecule has 0 spiro atoms. The van der Waals surface area contributed by atoms with Gasteiger partial charge in [-0.25, -0.2) is 8.42 Å². The van der Waals surface area contributed by atoms with Crippen molar-refractivity contribution in [1.29, 1.82) is 0 Å². The molecule has 0 bridgehead atoms. The van der Waals surface area contributed by atoms with E-state index in [-0.39, 0.29) is 34.3 Å². The number of hydrogen-bond acceptors (Lipinski definition) is 6. The Morgan fingerprint density at radius 2 is 1.45 bits per heavy atom. The smallest absolute Gasteiger partial charge is 0.264 e. The summed E-state index contributed by atoms with van der Waals surface area (Å²) in [4.78, 5) is 29.9. The average molecular weight is 747 g/mol. The van der Waals surface area contributed by atoms with Crippen molar-refractivity contribution in [2.24, 2.45) is 0 Å². The average Bonchev–Trinajstić information content (AvgIpc) is 3.06. The first kappa shape index (κ1) is 37.9. The fourth-order valence-corrected chi connectivity index (χ4v) is 6.96. The van der Waals surface area contributed by atoms with Gasteiger partial charge in [0, 0.05) is 29.6 Å². The summed E-state index contributed by atoms with van der Waals surface area (Å²) < 4.78 is 40.4. The lowest BCUT2D eigenvalue weighted by Gasteiger charge is -2.35.